The van der Waals surface area contributed by atoms with Crippen LogP contribution < -0.4 is 0 Å². The Labute approximate surface area is 79.9 Å². The molecule has 0 aliphatic heterocycles. The first-order valence-electron chi connectivity index (χ1n) is 1.56. The van der Waals surface area contributed by atoms with Crippen LogP contribution in [0.2, 0.25) is 0 Å². The van der Waals surface area contributed by atoms with E-state index in [2.05, 4.69) is 9.05 Å². The van der Waals surface area contributed by atoms with Gasteiger partial charge in [0.2, 0.25) is 0 Å². The van der Waals surface area contributed by atoms with E-state index in [9.17, 15) is 4.57 Å². The SMILES string of the molecule is COP(=O)(O)OC.[Th]. The van der Waals surface area contributed by atoms with Crippen LogP contribution in [0.4, 0.5) is 0 Å². The molecule has 6 heteroatoms. The molecule has 0 bridgehead atoms. The maximum atomic E-state index is 10.1. The molecule has 0 aliphatic rings. The van der Waals surface area contributed by atoms with Gasteiger partial charge in [0.25, 0.3) is 0 Å². The van der Waals surface area contributed by atoms with E-state index in [1.54, 1.807) is 0 Å². The Kier molecular flexibility index (Phi) is 7.95. The Hall–Kier alpha value is 1.43. The van der Waals surface area contributed by atoms with Gasteiger partial charge in [0.05, 0.1) is 0 Å². The van der Waals surface area contributed by atoms with Gasteiger partial charge in [-0.3, -0.25) is 9.05 Å². The fourth-order valence-electron chi connectivity index (χ4n) is 0.0745. The summed E-state index contributed by atoms with van der Waals surface area (Å²) in [6.07, 6.45) is 0. The third-order valence-corrected chi connectivity index (χ3v) is 1.38. The van der Waals surface area contributed by atoms with Gasteiger partial charge in [-0.25, -0.2) is 4.57 Å². The Morgan fingerprint density at radius 3 is 1.62 bits per heavy atom. The van der Waals surface area contributed by atoms with Crippen molar-refractivity contribution < 1.29 is 58.4 Å². The van der Waals surface area contributed by atoms with Gasteiger partial charge in [-0.05, 0) is 0 Å². The molecule has 0 spiro atoms. The first-order chi connectivity index (χ1) is 3.12. The smallest absolute Gasteiger partial charge is 0.303 e. The summed E-state index contributed by atoms with van der Waals surface area (Å²) in [5.74, 6) is 0. The molecule has 0 amide bonds. The van der Waals surface area contributed by atoms with E-state index >= 15 is 0 Å². The Morgan fingerprint density at radius 1 is 1.38 bits per heavy atom. The van der Waals surface area contributed by atoms with Crippen molar-refractivity contribution >= 4 is 7.82 Å². The van der Waals surface area contributed by atoms with Crippen molar-refractivity contribution in [1.29, 1.82) is 0 Å². The second kappa shape index (κ2) is 5.24. The minimum Gasteiger partial charge on any atom is -0.303 e. The number of phosphoric ester groups is 1. The summed E-state index contributed by atoms with van der Waals surface area (Å²) >= 11 is 0. The third-order valence-electron chi connectivity index (χ3n) is 0.461. The van der Waals surface area contributed by atoms with Crippen molar-refractivity contribution in [2.24, 2.45) is 0 Å². The molecule has 0 aliphatic carbocycles. The minimum absolute atomic E-state index is 0. The maximum Gasteiger partial charge on any atom is 0.471 e. The molecule has 0 heterocycles. The first-order valence-corrected chi connectivity index (χ1v) is 3.06. The normalized spacial score (nSPS) is 10.4. The van der Waals surface area contributed by atoms with Crippen molar-refractivity contribution in [2.75, 3.05) is 14.2 Å². The molecule has 0 aromatic carbocycles. The van der Waals surface area contributed by atoms with Crippen molar-refractivity contribution in [2.45, 2.75) is 0 Å². The fourth-order valence-corrected chi connectivity index (χ4v) is 0.224. The van der Waals surface area contributed by atoms with Crippen molar-refractivity contribution in [3.05, 3.63) is 0 Å². The number of hydrogen-bond acceptors (Lipinski definition) is 3. The zero-order valence-electron chi connectivity index (χ0n) is 4.62. The van der Waals surface area contributed by atoms with Gasteiger partial charge < -0.3 is 4.89 Å². The molecule has 1 N–H and O–H groups in total. The molecule has 4 nitrogen and oxygen atoms in total. The molecule has 0 saturated heterocycles. The van der Waals surface area contributed by atoms with Gasteiger partial charge >= 0.3 is 7.82 Å². The minimum atomic E-state index is -3.65. The largest absolute Gasteiger partial charge is 0.471 e. The van der Waals surface area contributed by atoms with E-state index in [0.717, 1.165) is 14.2 Å². The molecule has 0 rings (SSSR count). The molecular formula is C2H7O4PTh. The summed E-state index contributed by atoms with van der Waals surface area (Å²) in [5.41, 5.74) is 0. The average molecular weight is 358 g/mol. The van der Waals surface area contributed by atoms with E-state index in [0.29, 0.717) is 0 Å². The van der Waals surface area contributed by atoms with Crippen LogP contribution in [-0.4, -0.2) is 19.1 Å². The van der Waals surface area contributed by atoms with Crippen LogP contribution in [0.25, 0.3) is 0 Å². The van der Waals surface area contributed by atoms with Crippen LogP contribution in [0.3, 0.4) is 0 Å². The van der Waals surface area contributed by atoms with E-state index in [1.807, 2.05) is 0 Å². The van der Waals surface area contributed by atoms with Gasteiger partial charge in [0.1, 0.15) is 0 Å². The van der Waals surface area contributed by atoms with Gasteiger partial charge in [0, 0.05) is 54.2 Å². The summed E-state index contributed by atoms with van der Waals surface area (Å²) in [7, 11) is -1.45. The summed E-state index contributed by atoms with van der Waals surface area (Å²) < 4.78 is 18.0. The first kappa shape index (κ1) is 12.1. The molecule has 48 valence electrons. The average Bonchev–Trinajstić information content (AvgIpc) is 1.68. The molecule has 8 heavy (non-hydrogen) atoms. The van der Waals surface area contributed by atoms with Crippen LogP contribution in [0.5, 0.6) is 0 Å². The second-order valence-corrected chi connectivity index (χ2v) is 2.50. The van der Waals surface area contributed by atoms with Crippen molar-refractivity contribution in [3.63, 3.8) is 0 Å². The van der Waals surface area contributed by atoms with Crippen molar-refractivity contribution in [3.8, 4) is 0 Å². The van der Waals surface area contributed by atoms with E-state index in [1.165, 1.54) is 0 Å². The molecule has 0 saturated carbocycles. The Balaban J connectivity index is 0. The second-order valence-electron chi connectivity index (χ2n) is 0.834. The third kappa shape index (κ3) is 5.57. The predicted octanol–water partition coefficient (Wildman–Crippen LogP) is 0.380. The molecule has 0 fully saturated rings. The van der Waals surface area contributed by atoms with Crippen LogP contribution in [0, 0.1) is 39.9 Å². The van der Waals surface area contributed by atoms with Crippen LogP contribution in [0.1, 0.15) is 0 Å². The standard InChI is InChI=1S/C2H7O4P.Th/c1-5-7(3,4)6-2;/h1-2H3,(H,3,4);. The van der Waals surface area contributed by atoms with E-state index in [4.69, 9.17) is 4.89 Å². The Morgan fingerprint density at radius 2 is 1.62 bits per heavy atom. The predicted molar refractivity (Wildman–Crippen MR) is 23.8 cm³/mol. The summed E-state index contributed by atoms with van der Waals surface area (Å²) in [4.78, 5) is 8.24. The topological polar surface area (TPSA) is 55.8 Å². The monoisotopic (exact) mass is 358 g/mol. The van der Waals surface area contributed by atoms with Gasteiger partial charge in [0.15, 0.2) is 0 Å². The van der Waals surface area contributed by atoms with Crippen molar-refractivity contribution in [1.82, 2.24) is 0 Å². The molecule has 0 radical (unpaired) electrons. The van der Waals surface area contributed by atoms with E-state index < -0.39 is 7.82 Å². The molecule has 0 aromatic rings. The number of phosphoric acid groups is 1. The zero-order valence-corrected chi connectivity index (χ0v) is 9.62. The Bertz CT molecular complexity index is 86.0. The van der Waals surface area contributed by atoms with Gasteiger partial charge in [-0.1, -0.05) is 0 Å². The molecule has 0 atom stereocenters. The maximum absolute atomic E-state index is 10.1. The molecular weight excluding hydrogens is 351 g/mol. The van der Waals surface area contributed by atoms with Gasteiger partial charge in [-0.15, -0.1) is 0 Å². The van der Waals surface area contributed by atoms with Crippen LogP contribution >= 0.6 is 7.82 Å². The van der Waals surface area contributed by atoms with Crippen LogP contribution in [0.15, 0.2) is 0 Å². The number of rotatable bonds is 2. The summed E-state index contributed by atoms with van der Waals surface area (Å²) in [6.45, 7) is 0. The van der Waals surface area contributed by atoms with Gasteiger partial charge in [-0.2, -0.15) is 0 Å². The quantitative estimate of drug-likeness (QED) is 0.726. The summed E-state index contributed by atoms with van der Waals surface area (Å²) in [6, 6.07) is 0. The molecule has 0 unspecified atom stereocenters. The summed E-state index contributed by atoms with van der Waals surface area (Å²) in [5, 5.41) is 0. The number of hydrogen-bond donors (Lipinski definition) is 1. The van der Waals surface area contributed by atoms with Crippen LogP contribution in [-0.2, 0) is 13.6 Å². The molecule has 0 aromatic heterocycles. The zero-order chi connectivity index (χ0) is 5.91. The van der Waals surface area contributed by atoms with E-state index in [-0.39, 0.29) is 39.9 Å². The fraction of sp³-hybridized carbons (Fsp3) is 1.00.